The van der Waals surface area contributed by atoms with Gasteiger partial charge in [-0.1, -0.05) is 0 Å². The van der Waals surface area contributed by atoms with Crippen molar-refractivity contribution in [2.24, 2.45) is 5.92 Å². The van der Waals surface area contributed by atoms with E-state index >= 15 is 0 Å². The zero-order valence-corrected chi connectivity index (χ0v) is 11.8. The molecular formula is C15H18N4O2. The minimum atomic E-state index is 0.236. The molecule has 0 radical (unpaired) electrons. The van der Waals surface area contributed by atoms with Gasteiger partial charge in [0.15, 0.2) is 5.58 Å². The van der Waals surface area contributed by atoms with Gasteiger partial charge in [0.1, 0.15) is 0 Å². The Bertz CT molecular complexity index is 623. The summed E-state index contributed by atoms with van der Waals surface area (Å²) >= 11 is 0. The molecule has 21 heavy (non-hydrogen) atoms. The third-order valence-electron chi connectivity index (χ3n) is 4.21. The molecule has 0 aromatic carbocycles. The Morgan fingerprint density at radius 3 is 2.81 bits per heavy atom. The Hall–Kier alpha value is -2.11. The highest BCUT2D eigenvalue weighted by Crippen LogP contribution is 2.29. The Labute approximate surface area is 122 Å². The number of nitrogens with zero attached hydrogens (tertiary/aromatic N) is 3. The van der Waals surface area contributed by atoms with E-state index in [1.165, 1.54) is 0 Å². The van der Waals surface area contributed by atoms with Crippen LogP contribution in [0.3, 0.4) is 0 Å². The molecule has 1 aliphatic heterocycles. The molecule has 0 atom stereocenters. The highest BCUT2D eigenvalue weighted by molar-refractivity contribution is 5.81. The smallest absolute Gasteiger partial charge is 0.299 e. The third-order valence-corrected chi connectivity index (χ3v) is 4.21. The normalized spacial score (nSPS) is 19.9. The highest BCUT2D eigenvalue weighted by Gasteiger charge is 2.32. The van der Waals surface area contributed by atoms with Gasteiger partial charge in [-0.25, -0.2) is 4.98 Å². The van der Waals surface area contributed by atoms with Crippen molar-refractivity contribution in [3.63, 3.8) is 0 Å². The van der Waals surface area contributed by atoms with Gasteiger partial charge in [-0.2, -0.15) is 4.98 Å². The molecule has 3 heterocycles. The van der Waals surface area contributed by atoms with Crippen molar-refractivity contribution >= 4 is 23.2 Å². The molecule has 6 nitrogen and oxygen atoms in total. The summed E-state index contributed by atoms with van der Waals surface area (Å²) in [6, 6.07) is 4.64. The van der Waals surface area contributed by atoms with Crippen LogP contribution in [0.4, 0.5) is 6.01 Å². The monoisotopic (exact) mass is 286 g/mol. The van der Waals surface area contributed by atoms with Gasteiger partial charge in [0.2, 0.25) is 11.6 Å². The zero-order chi connectivity index (χ0) is 14.2. The number of carbonyl (C=O) groups is 1. The number of anilines is 1. The zero-order valence-electron chi connectivity index (χ0n) is 11.8. The van der Waals surface area contributed by atoms with Crippen LogP contribution in [0.1, 0.15) is 25.7 Å². The lowest BCUT2D eigenvalue weighted by Gasteiger charge is -2.31. The summed E-state index contributed by atoms with van der Waals surface area (Å²) in [5.74, 6) is 0.519. The molecule has 1 aliphatic carbocycles. The van der Waals surface area contributed by atoms with Gasteiger partial charge in [-0.3, -0.25) is 4.79 Å². The largest absolute Gasteiger partial charge is 0.422 e. The number of rotatable bonds is 3. The van der Waals surface area contributed by atoms with Crippen molar-refractivity contribution in [3.05, 3.63) is 18.3 Å². The summed E-state index contributed by atoms with van der Waals surface area (Å²) in [7, 11) is 0. The fraction of sp³-hybridized carbons (Fsp3) is 0.533. The second-order valence-electron chi connectivity index (χ2n) is 5.87. The molecule has 0 bridgehead atoms. The number of nitrogens with one attached hydrogen (secondary N) is 1. The molecule has 2 aromatic rings. The molecule has 1 saturated carbocycles. The number of fused-ring (bicyclic) bond motifs is 1. The van der Waals surface area contributed by atoms with Crippen molar-refractivity contribution in [1.82, 2.24) is 15.3 Å². The number of piperidine rings is 1. The van der Waals surface area contributed by atoms with Crippen LogP contribution < -0.4 is 10.2 Å². The predicted octanol–water partition coefficient (Wildman–Crippen LogP) is 1.72. The minimum Gasteiger partial charge on any atom is -0.422 e. The van der Waals surface area contributed by atoms with Gasteiger partial charge < -0.3 is 14.6 Å². The lowest BCUT2D eigenvalue weighted by atomic mass is 10.1. The van der Waals surface area contributed by atoms with E-state index in [1.807, 2.05) is 12.1 Å². The van der Waals surface area contributed by atoms with E-state index in [9.17, 15) is 4.79 Å². The number of pyridine rings is 1. The number of hydrogen-bond donors (Lipinski definition) is 1. The molecule has 4 rings (SSSR count). The molecule has 2 aliphatic rings. The summed E-state index contributed by atoms with van der Waals surface area (Å²) in [6.45, 7) is 1.70. The summed E-state index contributed by atoms with van der Waals surface area (Å²) < 4.78 is 5.74. The first-order chi connectivity index (χ1) is 10.3. The Morgan fingerprint density at radius 2 is 2.10 bits per heavy atom. The van der Waals surface area contributed by atoms with Crippen LogP contribution in [0.25, 0.3) is 11.2 Å². The number of carbonyl (C=O) groups excluding carboxylic acids is 1. The molecule has 1 amide bonds. The maximum absolute atomic E-state index is 11.8. The number of aromatic nitrogens is 2. The van der Waals surface area contributed by atoms with Crippen LogP contribution >= 0.6 is 0 Å². The van der Waals surface area contributed by atoms with Crippen LogP contribution in [0, 0.1) is 5.92 Å². The summed E-state index contributed by atoms with van der Waals surface area (Å²) in [5.41, 5.74) is 1.37. The molecule has 110 valence electrons. The minimum absolute atomic E-state index is 0.236. The Kier molecular flexibility index (Phi) is 3.02. The molecule has 6 heteroatoms. The van der Waals surface area contributed by atoms with Gasteiger partial charge >= 0.3 is 0 Å². The number of hydrogen-bond acceptors (Lipinski definition) is 5. The lowest BCUT2D eigenvalue weighted by Crippen LogP contribution is -2.45. The topological polar surface area (TPSA) is 71.3 Å². The van der Waals surface area contributed by atoms with E-state index in [4.69, 9.17) is 4.42 Å². The molecule has 2 fully saturated rings. The highest BCUT2D eigenvalue weighted by atomic mass is 16.4. The summed E-state index contributed by atoms with van der Waals surface area (Å²) in [4.78, 5) is 22.5. The lowest BCUT2D eigenvalue weighted by molar-refractivity contribution is -0.123. The standard InChI is InChI=1S/C15H18N4O2/c20-14(10-3-4-10)17-11-5-8-19(9-6-11)15-18-13-12(21-15)2-1-7-16-13/h1-2,7,10-11H,3-6,8-9H2,(H,17,20). The van der Waals surface area contributed by atoms with Gasteiger partial charge in [0.25, 0.3) is 6.01 Å². The molecule has 0 unspecified atom stereocenters. The van der Waals surface area contributed by atoms with Crippen LogP contribution in [0.2, 0.25) is 0 Å². The van der Waals surface area contributed by atoms with E-state index in [2.05, 4.69) is 20.2 Å². The second kappa shape index (κ2) is 5.02. The van der Waals surface area contributed by atoms with Crippen LogP contribution in [0.15, 0.2) is 22.7 Å². The maximum atomic E-state index is 11.8. The van der Waals surface area contributed by atoms with Crippen molar-refractivity contribution in [2.75, 3.05) is 18.0 Å². The first-order valence-corrected chi connectivity index (χ1v) is 7.56. The number of amides is 1. The average molecular weight is 286 g/mol. The molecule has 1 saturated heterocycles. The van der Waals surface area contributed by atoms with E-state index < -0.39 is 0 Å². The van der Waals surface area contributed by atoms with Crippen molar-refractivity contribution in [3.8, 4) is 0 Å². The first kappa shape index (κ1) is 12.6. The molecule has 1 N–H and O–H groups in total. The molecule has 2 aromatic heterocycles. The Balaban J connectivity index is 1.39. The summed E-state index contributed by atoms with van der Waals surface area (Å²) in [6.07, 6.45) is 5.70. The van der Waals surface area contributed by atoms with Crippen molar-refractivity contribution in [2.45, 2.75) is 31.7 Å². The quantitative estimate of drug-likeness (QED) is 0.930. The average Bonchev–Trinajstić information content (AvgIpc) is 3.27. The van der Waals surface area contributed by atoms with E-state index in [1.54, 1.807) is 6.20 Å². The summed E-state index contributed by atoms with van der Waals surface area (Å²) in [5, 5.41) is 3.15. The molecule has 0 spiro atoms. The predicted molar refractivity (Wildman–Crippen MR) is 77.9 cm³/mol. The SMILES string of the molecule is O=C(NC1CCN(c2nc3ncccc3o2)CC1)C1CC1. The van der Waals surface area contributed by atoms with Crippen LogP contribution in [-0.4, -0.2) is 35.0 Å². The van der Waals surface area contributed by atoms with E-state index in [0.29, 0.717) is 11.7 Å². The fourth-order valence-corrected chi connectivity index (χ4v) is 2.77. The van der Waals surface area contributed by atoms with Crippen molar-refractivity contribution < 1.29 is 9.21 Å². The van der Waals surface area contributed by atoms with E-state index in [-0.39, 0.29) is 17.9 Å². The first-order valence-electron chi connectivity index (χ1n) is 7.56. The Morgan fingerprint density at radius 1 is 1.29 bits per heavy atom. The van der Waals surface area contributed by atoms with Gasteiger partial charge in [0.05, 0.1) is 0 Å². The fourth-order valence-electron chi connectivity index (χ4n) is 2.77. The van der Waals surface area contributed by atoms with Crippen LogP contribution in [-0.2, 0) is 4.79 Å². The second-order valence-corrected chi connectivity index (χ2v) is 5.87. The van der Waals surface area contributed by atoms with Gasteiger partial charge in [-0.05, 0) is 37.8 Å². The van der Waals surface area contributed by atoms with Crippen molar-refractivity contribution in [1.29, 1.82) is 0 Å². The molecular weight excluding hydrogens is 268 g/mol. The van der Waals surface area contributed by atoms with E-state index in [0.717, 1.165) is 44.4 Å². The third kappa shape index (κ3) is 2.57. The van der Waals surface area contributed by atoms with Gasteiger partial charge in [0, 0.05) is 31.2 Å². The van der Waals surface area contributed by atoms with Gasteiger partial charge in [-0.15, -0.1) is 0 Å². The maximum Gasteiger partial charge on any atom is 0.299 e. The number of oxazole rings is 1. The van der Waals surface area contributed by atoms with Crippen LogP contribution in [0.5, 0.6) is 0 Å².